The Kier molecular flexibility index (Phi) is 5.63. The van der Waals surface area contributed by atoms with E-state index in [1.807, 2.05) is 20.0 Å². The normalized spacial score (nSPS) is 22.1. The number of nitrogens with zero attached hydrogens (tertiary/aromatic N) is 2. The van der Waals surface area contributed by atoms with E-state index in [0.29, 0.717) is 0 Å². The first-order valence-electron chi connectivity index (χ1n) is 6.02. The molecule has 0 bridgehead atoms. The van der Waals surface area contributed by atoms with Crippen LogP contribution in [-0.4, -0.2) is 52.5 Å². The van der Waals surface area contributed by atoms with E-state index >= 15 is 0 Å². The number of hydrogen-bond donors (Lipinski definition) is 2. The molecule has 112 valence electrons. The van der Waals surface area contributed by atoms with Gasteiger partial charge in [0.1, 0.15) is 0 Å². The van der Waals surface area contributed by atoms with Gasteiger partial charge in [-0.25, -0.2) is 9.59 Å². The molecule has 0 saturated carbocycles. The first-order valence-corrected chi connectivity index (χ1v) is 6.02. The van der Waals surface area contributed by atoms with Gasteiger partial charge in [0, 0.05) is 12.0 Å². The lowest BCUT2D eigenvalue weighted by Gasteiger charge is -2.20. The van der Waals surface area contributed by atoms with Crippen molar-refractivity contribution < 1.29 is 28.7 Å². The zero-order chi connectivity index (χ0) is 15.3. The van der Waals surface area contributed by atoms with E-state index in [1.54, 1.807) is 0 Å². The molecule has 7 nitrogen and oxygen atoms in total. The summed E-state index contributed by atoms with van der Waals surface area (Å²) in [6.07, 6.45) is 0.900. The fourth-order valence-corrected chi connectivity index (χ4v) is 2.16. The molecule has 2 N–H and O–H groups in total. The molecular formula is C12H17FN2O5. The third kappa shape index (κ3) is 4.02. The van der Waals surface area contributed by atoms with Crippen LogP contribution in [0.4, 0.5) is 4.39 Å². The molecule has 0 spiro atoms. The minimum absolute atomic E-state index is 0.0624. The number of alkyl halides is 1. The predicted octanol–water partition coefficient (Wildman–Crippen LogP) is 1.10. The minimum Gasteiger partial charge on any atom is -0.473 e. The zero-order valence-corrected chi connectivity index (χ0v) is 11.2. The molecule has 1 aliphatic heterocycles. The van der Waals surface area contributed by atoms with E-state index in [4.69, 9.17) is 24.3 Å². The highest BCUT2D eigenvalue weighted by atomic mass is 19.1. The van der Waals surface area contributed by atoms with Crippen LogP contribution >= 0.6 is 0 Å². The van der Waals surface area contributed by atoms with Crippen molar-refractivity contribution in [3.63, 3.8) is 0 Å². The van der Waals surface area contributed by atoms with Crippen LogP contribution in [0, 0.1) is 12.8 Å². The number of carbonyl (C=O) groups is 2. The lowest BCUT2D eigenvalue weighted by molar-refractivity contribution is -0.159. The number of likely N-dealkylation sites (tertiary alicyclic amines) is 1. The smallest absolute Gasteiger partial charge is 0.414 e. The molecule has 0 amide bonds. The first-order chi connectivity index (χ1) is 9.36. The quantitative estimate of drug-likeness (QED) is 0.785. The highest BCUT2D eigenvalue weighted by Gasteiger charge is 2.35. The number of aromatic nitrogens is 1. The lowest BCUT2D eigenvalue weighted by atomic mass is 10.00. The SMILES string of the molecule is Cc1cc(C2C(CF)CCN2C)on1.O=C(O)C(=O)O. The van der Waals surface area contributed by atoms with E-state index in [9.17, 15) is 4.39 Å². The van der Waals surface area contributed by atoms with E-state index in [1.165, 1.54) is 0 Å². The monoisotopic (exact) mass is 288 g/mol. The molecule has 1 aliphatic rings. The molecule has 2 rings (SSSR count). The maximum Gasteiger partial charge on any atom is 0.414 e. The van der Waals surface area contributed by atoms with Crippen LogP contribution < -0.4 is 0 Å². The molecule has 1 aromatic rings. The third-order valence-electron chi connectivity index (χ3n) is 3.09. The van der Waals surface area contributed by atoms with E-state index in [0.717, 1.165) is 24.4 Å². The molecule has 0 aromatic carbocycles. The van der Waals surface area contributed by atoms with Crippen LogP contribution in [0.1, 0.15) is 23.9 Å². The molecule has 1 fully saturated rings. The summed E-state index contributed by atoms with van der Waals surface area (Å²) in [7, 11) is 2.00. The van der Waals surface area contributed by atoms with Gasteiger partial charge in [-0.2, -0.15) is 0 Å². The van der Waals surface area contributed by atoms with Gasteiger partial charge >= 0.3 is 11.9 Å². The maximum atomic E-state index is 12.7. The van der Waals surface area contributed by atoms with Crippen molar-refractivity contribution in [2.24, 2.45) is 5.92 Å². The van der Waals surface area contributed by atoms with Crippen molar-refractivity contribution in [1.29, 1.82) is 0 Å². The van der Waals surface area contributed by atoms with Gasteiger partial charge in [0.25, 0.3) is 0 Å². The Bertz CT molecular complexity index is 464. The van der Waals surface area contributed by atoms with Crippen LogP contribution in [0.2, 0.25) is 0 Å². The summed E-state index contributed by atoms with van der Waals surface area (Å²) < 4.78 is 17.9. The highest BCUT2D eigenvalue weighted by Crippen LogP contribution is 2.36. The van der Waals surface area contributed by atoms with Gasteiger partial charge in [-0.3, -0.25) is 9.29 Å². The Hall–Kier alpha value is -1.96. The van der Waals surface area contributed by atoms with Crippen molar-refractivity contribution in [3.8, 4) is 0 Å². The molecule has 2 atom stereocenters. The Morgan fingerprint density at radius 3 is 2.50 bits per heavy atom. The van der Waals surface area contributed by atoms with Crippen molar-refractivity contribution in [3.05, 3.63) is 17.5 Å². The molecular weight excluding hydrogens is 271 g/mol. The number of hydrogen-bond acceptors (Lipinski definition) is 5. The van der Waals surface area contributed by atoms with Crippen molar-refractivity contribution >= 4 is 11.9 Å². The third-order valence-corrected chi connectivity index (χ3v) is 3.09. The Balaban J connectivity index is 0.000000286. The molecule has 2 unspecified atom stereocenters. The number of halogens is 1. The van der Waals surface area contributed by atoms with Crippen LogP contribution in [0.25, 0.3) is 0 Å². The number of carboxylic acid groups (broad SMARTS) is 2. The van der Waals surface area contributed by atoms with Crippen LogP contribution in [-0.2, 0) is 9.59 Å². The predicted molar refractivity (Wildman–Crippen MR) is 66.0 cm³/mol. The summed E-state index contributed by atoms with van der Waals surface area (Å²) >= 11 is 0. The number of rotatable bonds is 2. The standard InChI is InChI=1S/C10H15FN2O.C2H2O4/c1-7-5-9(14-12-7)10-8(6-11)3-4-13(10)2;3-1(4)2(5)6/h5,8,10H,3-4,6H2,1-2H3;(H,3,4)(H,5,6). The zero-order valence-electron chi connectivity index (χ0n) is 11.2. The van der Waals surface area contributed by atoms with Gasteiger partial charge in [-0.15, -0.1) is 0 Å². The molecule has 20 heavy (non-hydrogen) atoms. The van der Waals surface area contributed by atoms with Gasteiger partial charge in [-0.1, -0.05) is 5.16 Å². The second kappa shape index (κ2) is 6.99. The van der Waals surface area contributed by atoms with Gasteiger partial charge in [-0.05, 0) is 26.9 Å². The first kappa shape index (κ1) is 16.1. The summed E-state index contributed by atoms with van der Waals surface area (Å²) in [4.78, 5) is 20.3. The van der Waals surface area contributed by atoms with E-state index < -0.39 is 11.9 Å². The second-order valence-corrected chi connectivity index (χ2v) is 4.61. The number of aliphatic carboxylic acids is 2. The summed E-state index contributed by atoms with van der Waals surface area (Å²) in [5.41, 5.74) is 0.859. The van der Waals surface area contributed by atoms with E-state index in [-0.39, 0.29) is 18.6 Å². The molecule has 1 saturated heterocycles. The highest BCUT2D eigenvalue weighted by molar-refractivity contribution is 6.27. The van der Waals surface area contributed by atoms with Gasteiger partial charge in [0.2, 0.25) is 0 Å². The molecule has 1 aromatic heterocycles. The van der Waals surface area contributed by atoms with Crippen LogP contribution in [0.15, 0.2) is 10.6 Å². The molecule has 8 heteroatoms. The van der Waals surface area contributed by atoms with Crippen LogP contribution in [0.3, 0.4) is 0 Å². The van der Waals surface area contributed by atoms with Crippen molar-refractivity contribution in [2.75, 3.05) is 20.3 Å². The number of aryl methyl sites for hydroxylation is 1. The van der Waals surface area contributed by atoms with Gasteiger partial charge in [0.15, 0.2) is 5.76 Å². The van der Waals surface area contributed by atoms with Crippen LogP contribution in [0.5, 0.6) is 0 Å². The maximum absolute atomic E-state index is 12.7. The van der Waals surface area contributed by atoms with Gasteiger partial charge < -0.3 is 14.7 Å². The van der Waals surface area contributed by atoms with Gasteiger partial charge in [0.05, 0.1) is 18.4 Å². The Labute approximate surface area is 115 Å². The molecule has 0 aliphatic carbocycles. The average Bonchev–Trinajstić information content (AvgIpc) is 2.95. The lowest BCUT2D eigenvalue weighted by Crippen LogP contribution is -2.21. The second-order valence-electron chi connectivity index (χ2n) is 4.61. The largest absolute Gasteiger partial charge is 0.473 e. The topological polar surface area (TPSA) is 104 Å². The summed E-state index contributed by atoms with van der Waals surface area (Å²) in [5, 5.41) is 18.6. The average molecular weight is 288 g/mol. The fraction of sp³-hybridized carbons (Fsp3) is 0.583. The minimum atomic E-state index is -1.82. The summed E-state index contributed by atoms with van der Waals surface area (Å²) in [6, 6.07) is 1.97. The Morgan fingerprint density at radius 2 is 2.10 bits per heavy atom. The van der Waals surface area contributed by atoms with Crippen molar-refractivity contribution in [2.45, 2.75) is 19.4 Å². The fourth-order valence-electron chi connectivity index (χ4n) is 2.16. The summed E-state index contributed by atoms with van der Waals surface area (Å²) in [6.45, 7) is 2.53. The molecule has 0 radical (unpaired) electrons. The molecule has 2 heterocycles. The Morgan fingerprint density at radius 1 is 1.50 bits per heavy atom. The van der Waals surface area contributed by atoms with E-state index in [2.05, 4.69) is 10.1 Å². The van der Waals surface area contributed by atoms with Crippen molar-refractivity contribution in [1.82, 2.24) is 10.1 Å². The number of carboxylic acids is 2. The summed E-state index contributed by atoms with van der Waals surface area (Å²) in [5.74, 6) is -2.79.